The Labute approximate surface area is 181 Å². The number of carbonyl (C=O) groups is 2. The van der Waals surface area contributed by atoms with Crippen LogP contribution in [0.5, 0.6) is 0 Å². The highest BCUT2D eigenvalue weighted by Crippen LogP contribution is 2.35. The first-order valence-corrected chi connectivity index (χ1v) is 10.4. The van der Waals surface area contributed by atoms with Crippen LogP contribution in [0.3, 0.4) is 0 Å². The molecule has 7 nitrogen and oxygen atoms in total. The minimum absolute atomic E-state index is 0.166. The molecular weight excluding hydrogens is 427 g/mol. The van der Waals surface area contributed by atoms with Crippen LogP contribution in [-0.4, -0.2) is 41.4 Å². The molecule has 0 atom stereocenters. The van der Waals surface area contributed by atoms with E-state index in [1.807, 2.05) is 0 Å². The van der Waals surface area contributed by atoms with Gasteiger partial charge in [0.05, 0.1) is 6.61 Å². The highest BCUT2D eigenvalue weighted by atomic mass is 19.4. The average Bonchev–Trinajstić information content (AvgIpc) is 3.39. The summed E-state index contributed by atoms with van der Waals surface area (Å²) in [7, 11) is 0. The number of H-pyrrole nitrogens is 1. The maximum absolute atomic E-state index is 13.5. The van der Waals surface area contributed by atoms with Crippen LogP contribution in [0, 0.1) is 0 Å². The highest BCUT2D eigenvalue weighted by molar-refractivity contribution is 5.98. The van der Waals surface area contributed by atoms with Crippen molar-refractivity contribution in [1.29, 1.82) is 0 Å². The molecule has 4 rings (SSSR count). The van der Waals surface area contributed by atoms with E-state index in [4.69, 9.17) is 9.15 Å². The SMILES string of the molecule is CCOC(=O)c1cc2cc(CC(=O)c3oc(N4CCCCC4)nc3C(F)(F)F)ccc2[nH]1. The van der Waals surface area contributed by atoms with Crippen molar-refractivity contribution >= 4 is 28.7 Å². The molecule has 3 heterocycles. The van der Waals surface area contributed by atoms with Crippen LogP contribution in [0.15, 0.2) is 28.7 Å². The van der Waals surface area contributed by atoms with Gasteiger partial charge >= 0.3 is 12.1 Å². The van der Waals surface area contributed by atoms with Gasteiger partial charge in [-0.15, -0.1) is 0 Å². The zero-order valence-corrected chi connectivity index (χ0v) is 17.4. The molecule has 10 heteroatoms. The standard InChI is InChI=1S/C22H22F3N3O4/c1-2-31-20(30)16-12-14-10-13(6-7-15(14)26-16)11-17(29)18-19(22(23,24)25)27-21(32-18)28-8-4-3-5-9-28/h6-7,10,12,26H,2-5,8-9,11H2,1H3. The van der Waals surface area contributed by atoms with Gasteiger partial charge in [-0.3, -0.25) is 4.79 Å². The molecule has 0 spiro atoms. The predicted octanol–water partition coefficient (Wildman–Crippen LogP) is 4.77. The van der Waals surface area contributed by atoms with Crippen LogP contribution in [-0.2, 0) is 17.3 Å². The number of ether oxygens (including phenoxy) is 1. The summed E-state index contributed by atoms with van der Waals surface area (Å²) in [5.74, 6) is -2.10. The Bertz CT molecular complexity index is 1140. The van der Waals surface area contributed by atoms with Crippen molar-refractivity contribution in [1.82, 2.24) is 9.97 Å². The van der Waals surface area contributed by atoms with E-state index in [1.54, 1.807) is 36.1 Å². The lowest BCUT2D eigenvalue weighted by molar-refractivity contribution is -0.141. The zero-order chi connectivity index (χ0) is 22.9. The van der Waals surface area contributed by atoms with Gasteiger partial charge in [0.25, 0.3) is 6.01 Å². The number of aromatic amines is 1. The number of fused-ring (bicyclic) bond motifs is 1. The first kappa shape index (κ1) is 21.9. The average molecular weight is 449 g/mol. The lowest BCUT2D eigenvalue weighted by Crippen LogP contribution is -2.29. The summed E-state index contributed by atoms with van der Waals surface area (Å²) in [6.07, 6.45) is -2.45. The third kappa shape index (κ3) is 4.49. The van der Waals surface area contributed by atoms with Crippen LogP contribution in [0.4, 0.5) is 19.2 Å². The number of nitrogens with zero attached hydrogens (tertiary/aromatic N) is 2. The summed E-state index contributed by atoms with van der Waals surface area (Å²) in [5, 5.41) is 0.640. The molecule has 0 unspecified atom stereocenters. The number of carbonyl (C=O) groups excluding carboxylic acids is 2. The van der Waals surface area contributed by atoms with Gasteiger partial charge in [0, 0.05) is 30.4 Å². The van der Waals surface area contributed by atoms with Gasteiger partial charge in [-0.2, -0.15) is 18.2 Å². The fraction of sp³-hybridized carbons (Fsp3) is 0.409. The Morgan fingerprint density at radius 1 is 1.19 bits per heavy atom. The number of benzene rings is 1. The Morgan fingerprint density at radius 2 is 1.94 bits per heavy atom. The number of alkyl halides is 3. The van der Waals surface area contributed by atoms with Crippen molar-refractivity contribution in [3.63, 3.8) is 0 Å². The van der Waals surface area contributed by atoms with Crippen molar-refractivity contribution in [3.8, 4) is 0 Å². The van der Waals surface area contributed by atoms with E-state index in [2.05, 4.69) is 9.97 Å². The summed E-state index contributed by atoms with van der Waals surface area (Å²) in [4.78, 5) is 32.8. The van der Waals surface area contributed by atoms with E-state index in [0.29, 0.717) is 29.6 Å². The fourth-order valence-electron chi connectivity index (χ4n) is 3.79. The van der Waals surface area contributed by atoms with Crippen LogP contribution < -0.4 is 4.90 Å². The lowest BCUT2D eigenvalue weighted by atomic mass is 10.0. The van der Waals surface area contributed by atoms with Crippen molar-refractivity contribution in [3.05, 3.63) is 47.0 Å². The summed E-state index contributed by atoms with van der Waals surface area (Å²) >= 11 is 0. The number of oxazole rings is 1. The smallest absolute Gasteiger partial charge is 0.437 e. The third-order valence-electron chi connectivity index (χ3n) is 5.31. The minimum atomic E-state index is -4.80. The molecule has 0 aliphatic carbocycles. The monoisotopic (exact) mass is 449 g/mol. The Morgan fingerprint density at radius 3 is 2.62 bits per heavy atom. The van der Waals surface area contributed by atoms with Gasteiger partial charge in [-0.05, 0) is 49.9 Å². The molecule has 1 aliphatic heterocycles. The maximum atomic E-state index is 13.5. The third-order valence-corrected chi connectivity index (χ3v) is 5.31. The number of anilines is 1. The maximum Gasteiger partial charge on any atom is 0.437 e. The molecule has 1 aromatic carbocycles. The zero-order valence-electron chi connectivity index (χ0n) is 17.4. The lowest BCUT2D eigenvalue weighted by Gasteiger charge is -2.24. The molecule has 2 aromatic heterocycles. The molecule has 1 fully saturated rings. The number of piperidine rings is 1. The number of nitrogens with one attached hydrogen (secondary N) is 1. The molecule has 0 saturated carbocycles. The number of hydrogen-bond donors (Lipinski definition) is 1. The van der Waals surface area contributed by atoms with E-state index in [-0.39, 0.29) is 24.7 Å². The van der Waals surface area contributed by atoms with Gasteiger partial charge in [0.2, 0.25) is 11.5 Å². The minimum Gasteiger partial charge on any atom is -0.461 e. The van der Waals surface area contributed by atoms with Crippen LogP contribution in [0.1, 0.15) is 58.5 Å². The summed E-state index contributed by atoms with van der Waals surface area (Å²) < 4.78 is 50.9. The number of esters is 1. The number of aromatic nitrogens is 2. The van der Waals surface area contributed by atoms with Gasteiger partial charge in [-0.1, -0.05) is 6.07 Å². The molecule has 170 valence electrons. The second kappa shape index (κ2) is 8.68. The van der Waals surface area contributed by atoms with E-state index < -0.39 is 29.4 Å². The molecule has 32 heavy (non-hydrogen) atoms. The predicted molar refractivity (Wildman–Crippen MR) is 110 cm³/mol. The molecule has 0 radical (unpaired) electrons. The second-order valence-electron chi connectivity index (χ2n) is 7.64. The summed E-state index contributed by atoms with van der Waals surface area (Å²) in [6, 6.07) is 6.32. The van der Waals surface area contributed by atoms with E-state index in [9.17, 15) is 22.8 Å². The largest absolute Gasteiger partial charge is 0.461 e. The van der Waals surface area contributed by atoms with Gasteiger partial charge in [0.1, 0.15) is 5.69 Å². The van der Waals surface area contributed by atoms with Crippen molar-refractivity contribution in [2.24, 2.45) is 0 Å². The van der Waals surface area contributed by atoms with Crippen LogP contribution >= 0.6 is 0 Å². The number of ketones is 1. The van der Waals surface area contributed by atoms with Crippen LogP contribution in [0.25, 0.3) is 10.9 Å². The van der Waals surface area contributed by atoms with Gasteiger partial charge in [0.15, 0.2) is 5.69 Å². The number of Topliss-reactive ketones (excluding diaryl/α,β-unsaturated/α-hetero) is 1. The number of halogens is 3. The molecule has 1 aliphatic rings. The quantitative estimate of drug-likeness (QED) is 0.431. The summed E-state index contributed by atoms with van der Waals surface area (Å²) in [6.45, 7) is 3.00. The second-order valence-corrected chi connectivity index (χ2v) is 7.64. The van der Waals surface area contributed by atoms with E-state index >= 15 is 0 Å². The summed E-state index contributed by atoms with van der Waals surface area (Å²) in [5.41, 5.74) is 0.0923. The fourth-order valence-corrected chi connectivity index (χ4v) is 3.79. The first-order chi connectivity index (χ1) is 15.3. The van der Waals surface area contributed by atoms with Gasteiger partial charge in [-0.25, -0.2) is 4.79 Å². The molecular formula is C22H22F3N3O4. The van der Waals surface area contributed by atoms with E-state index in [0.717, 1.165) is 19.3 Å². The van der Waals surface area contributed by atoms with Crippen molar-refractivity contribution < 1.29 is 31.9 Å². The molecule has 0 amide bonds. The van der Waals surface area contributed by atoms with Gasteiger partial charge < -0.3 is 19.0 Å². The first-order valence-electron chi connectivity index (χ1n) is 10.4. The Hall–Kier alpha value is -3.30. The van der Waals surface area contributed by atoms with E-state index in [1.165, 1.54) is 0 Å². The highest BCUT2D eigenvalue weighted by Gasteiger charge is 2.41. The number of rotatable bonds is 6. The van der Waals surface area contributed by atoms with Crippen molar-refractivity contribution in [2.75, 3.05) is 24.6 Å². The van der Waals surface area contributed by atoms with Crippen molar-refractivity contribution in [2.45, 2.75) is 38.8 Å². The Balaban J connectivity index is 1.59. The molecule has 0 bridgehead atoms. The molecule has 1 saturated heterocycles. The molecule has 1 N–H and O–H groups in total. The van der Waals surface area contributed by atoms with Crippen LogP contribution in [0.2, 0.25) is 0 Å². The molecule has 3 aromatic rings. The number of hydrogen-bond acceptors (Lipinski definition) is 6. The normalized spacial score (nSPS) is 14.7. The topological polar surface area (TPSA) is 88.4 Å². The Kier molecular flexibility index (Phi) is 5.94.